The van der Waals surface area contributed by atoms with Gasteiger partial charge in [-0.25, -0.2) is 0 Å². The van der Waals surface area contributed by atoms with Gasteiger partial charge in [0.1, 0.15) is 0 Å². The van der Waals surface area contributed by atoms with E-state index in [1.54, 1.807) is 6.08 Å². The van der Waals surface area contributed by atoms with Gasteiger partial charge in [0.05, 0.1) is 6.10 Å². The SMILES string of the molecule is CC/C=C\CC(O)C/C=C1/C(=O)C=CC1C/C=C\CCCC(=O)O. The third-order valence-corrected chi connectivity index (χ3v) is 3.90. The van der Waals surface area contributed by atoms with Gasteiger partial charge in [-0.3, -0.25) is 9.59 Å². The number of carboxylic acids is 1. The van der Waals surface area contributed by atoms with Crippen molar-refractivity contribution >= 4 is 11.8 Å². The van der Waals surface area contributed by atoms with Crippen LogP contribution in [0.4, 0.5) is 0 Å². The monoisotopic (exact) mass is 332 g/mol. The molecule has 2 N–H and O–H groups in total. The number of aliphatic hydroxyl groups excluding tert-OH is 1. The first-order valence-corrected chi connectivity index (χ1v) is 8.67. The summed E-state index contributed by atoms with van der Waals surface area (Å²) in [6.45, 7) is 2.05. The maximum absolute atomic E-state index is 11.9. The molecular formula is C20H28O4. The van der Waals surface area contributed by atoms with E-state index in [0.29, 0.717) is 19.3 Å². The summed E-state index contributed by atoms with van der Waals surface area (Å²) in [4.78, 5) is 22.4. The molecule has 0 fully saturated rings. The molecular weight excluding hydrogens is 304 g/mol. The number of carbonyl (C=O) groups excluding carboxylic acids is 1. The third-order valence-electron chi connectivity index (χ3n) is 3.90. The molecule has 0 saturated heterocycles. The van der Waals surface area contributed by atoms with Crippen LogP contribution in [-0.4, -0.2) is 28.1 Å². The molecule has 4 nitrogen and oxygen atoms in total. The summed E-state index contributed by atoms with van der Waals surface area (Å²) in [6, 6.07) is 0. The second-order valence-corrected chi connectivity index (χ2v) is 5.99. The molecule has 1 aliphatic rings. The maximum atomic E-state index is 11.9. The highest BCUT2D eigenvalue weighted by molar-refractivity contribution is 6.07. The van der Waals surface area contributed by atoms with Crippen molar-refractivity contribution < 1.29 is 19.8 Å². The standard InChI is InChI=1S/C20H28O4/c1-2-3-6-10-17(21)13-14-18-16(12-15-19(18)22)9-7-4-5-8-11-20(23)24/h3-4,6-7,12,14-17,21H,2,5,8-11,13H2,1H3,(H,23,24)/b6-3-,7-4-,18-14+. The largest absolute Gasteiger partial charge is 0.481 e. The summed E-state index contributed by atoms with van der Waals surface area (Å²) >= 11 is 0. The number of rotatable bonds is 11. The molecule has 0 aromatic carbocycles. The molecule has 2 atom stereocenters. The van der Waals surface area contributed by atoms with Gasteiger partial charge < -0.3 is 10.2 Å². The normalized spacial score (nSPS) is 20.7. The van der Waals surface area contributed by atoms with Crippen molar-refractivity contribution in [3.63, 3.8) is 0 Å². The molecule has 132 valence electrons. The lowest BCUT2D eigenvalue weighted by Crippen LogP contribution is -2.07. The van der Waals surface area contributed by atoms with Gasteiger partial charge in [0.25, 0.3) is 0 Å². The van der Waals surface area contributed by atoms with Crippen LogP contribution in [0.3, 0.4) is 0 Å². The van der Waals surface area contributed by atoms with Gasteiger partial charge in [-0.15, -0.1) is 0 Å². The molecule has 24 heavy (non-hydrogen) atoms. The summed E-state index contributed by atoms with van der Waals surface area (Å²) in [5, 5.41) is 18.5. The highest BCUT2D eigenvalue weighted by atomic mass is 16.4. The molecule has 2 unspecified atom stereocenters. The average Bonchev–Trinajstić information content (AvgIpc) is 2.89. The van der Waals surface area contributed by atoms with E-state index < -0.39 is 12.1 Å². The van der Waals surface area contributed by atoms with Crippen LogP contribution >= 0.6 is 0 Å². The van der Waals surface area contributed by atoms with E-state index in [2.05, 4.69) is 0 Å². The lowest BCUT2D eigenvalue weighted by molar-refractivity contribution is -0.137. The van der Waals surface area contributed by atoms with E-state index in [4.69, 9.17) is 5.11 Å². The molecule has 0 heterocycles. The van der Waals surface area contributed by atoms with Crippen LogP contribution in [0.1, 0.15) is 51.9 Å². The number of aliphatic carboxylic acids is 1. The first-order valence-electron chi connectivity index (χ1n) is 8.67. The van der Waals surface area contributed by atoms with Gasteiger partial charge in [-0.2, -0.15) is 0 Å². The van der Waals surface area contributed by atoms with Gasteiger partial charge in [0.2, 0.25) is 0 Å². The van der Waals surface area contributed by atoms with Gasteiger partial charge in [-0.05, 0) is 44.6 Å². The summed E-state index contributed by atoms with van der Waals surface area (Å²) in [7, 11) is 0. The van der Waals surface area contributed by atoms with Crippen molar-refractivity contribution in [2.24, 2.45) is 5.92 Å². The minimum Gasteiger partial charge on any atom is -0.481 e. The van der Waals surface area contributed by atoms with Crippen LogP contribution in [0.25, 0.3) is 0 Å². The fraction of sp³-hybridized carbons (Fsp3) is 0.500. The fourth-order valence-electron chi connectivity index (χ4n) is 2.55. The molecule has 0 radical (unpaired) electrons. The number of hydrogen-bond donors (Lipinski definition) is 2. The zero-order chi connectivity index (χ0) is 17.8. The topological polar surface area (TPSA) is 74.6 Å². The van der Waals surface area contributed by atoms with E-state index in [0.717, 1.165) is 24.8 Å². The summed E-state index contributed by atoms with van der Waals surface area (Å²) in [6.07, 6.45) is 17.2. The Labute approximate surface area is 144 Å². The second kappa shape index (κ2) is 11.6. The van der Waals surface area contributed by atoms with Crippen LogP contribution < -0.4 is 0 Å². The first kappa shape index (κ1) is 20.1. The Balaban J connectivity index is 2.43. The van der Waals surface area contributed by atoms with Crippen molar-refractivity contribution in [3.8, 4) is 0 Å². The number of aliphatic hydroxyl groups is 1. The lowest BCUT2D eigenvalue weighted by atomic mass is 9.96. The predicted molar refractivity (Wildman–Crippen MR) is 95.6 cm³/mol. The average molecular weight is 332 g/mol. The Morgan fingerprint density at radius 2 is 2.04 bits per heavy atom. The number of allylic oxidation sites excluding steroid dienone is 6. The van der Waals surface area contributed by atoms with E-state index >= 15 is 0 Å². The lowest BCUT2D eigenvalue weighted by Gasteiger charge is -2.10. The molecule has 0 aromatic heterocycles. The molecule has 1 aliphatic carbocycles. The Kier molecular flexibility index (Phi) is 9.70. The maximum Gasteiger partial charge on any atom is 0.303 e. The van der Waals surface area contributed by atoms with Gasteiger partial charge in [0, 0.05) is 17.9 Å². The van der Waals surface area contributed by atoms with E-state index in [-0.39, 0.29) is 18.1 Å². The minimum atomic E-state index is -0.773. The number of ketones is 1. The highest BCUT2D eigenvalue weighted by Gasteiger charge is 2.21. The summed E-state index contributed by atoms with van der Waals surface area (Å²) in [5.74, 6) is -0.688. The van der Waals surface area contributed by atoms with E-state index in [1.165, 1.54) is 0 Å². The van der Waals surface area contributed by atoms with Gasteiger partial charge in [0.15, 0.2) is 5.78 Å². The third kappa shape index (κ3) is 8.06. The van der Waals surface area contributed by atoms with Crippen molar-refractivity contribution in [2.45, 2.75) is 58.0 Å². The molecule has 1 rings (SSSR count). The molecule has 0 aromatic rings. The Morgan fingerprint density at radius 1 is 1.25 bits per heavy atom. The summed E-state index contributed by atoms with van der Waals surface area (Å²) in [5.41, 5.74) is 0.753. The first-order chi connectivity index (χ1) is 11.5. The Hall–Kier alpha value is -1.94. The van der Waals surface area contributed by atoms with Crippen molar-refractivity contribution in [1.29, 1.82) is 0 Å². The number of carbonyl (C=O) groups is 2. The smallest absolute Gasteiger partial charge is 0.303 e. The number of unbranched alkanes of at least 4 members (excludes halogenated alkanes) is 1. The summed E-state index contributed by atoms with van der Waals surface area (Å²) < 4.78 is 0. The quantitative estimate of drug-likeness (QED) is 0.341. The predicted octanol–water partition coefficient (Wildman–Crippen LogP) is 3.98. The zero-order valence-electron chi connectivity index (χ0n) is 14.4. The molecule has 0 saturated carbocycles. The van der Waals surface area contributed by atoms with Crippen LogP contribution in [-0.2, 0) is 9.59 Å². The van der Waals surface area contributed by atoms with Crippen LogP contribution in [0.15, 0.2) is 48.1 Å². The van der Waals surface area contributed by atoms with E-state index in [1.807, 2.05) is 43.4 Å². The van der Waals surface area contributed by atoms with Crippen molar-refractivity contribution in [3.05, 3.63) is 48.1 Å². The highest BCUT2D eigenvalue weighted by Crippen LogP contribution is 2.26. The zero-order valence-corrected chi connectivity index (χ0v) is 14.4. The van der Waals surface area contributed by atoms with Crippen molar-refractivity contribution in [2.75, 3.05) is 0 Å². The van der Waals surface area contributed by atoms with Crippen LogP contribution in [0, 0.1) is 5.92 Å². The molecule has 0 amide bonds. The van der Waals surface area contributed by atoms with Crippen LogP contribution in [0.5, 0.6) is 0 Å². The Morgan fingerprint density at radius 3 is 2.75 bits per heavy atom. The van der Waals surface area contributed by atoms with Gasteiger partial charge >= 0.3 is 5.97 Å². The van der Waals surface area contributed by atoms with Gasteiger partial charge in [-0.1, -0.05) is 43.4 Å². The second-order valence-electron chi connectivity index (χ2n) is 5.99. The van der Waals surface area contributed by atoms with Crippen molar-refractivity contribution in [1.82, 2.24) is 0 Å². The number of carboxylic acid groups (broad SMARTS) is 1. The minimum absolute atomic E-state index is 0.0237. The molecule has 0 spiro atoms. The molecule has 0 bridgehead atoms. The fourth-order valence-corrected chi connectivity index (χ4v) is 2.55. The number of hydrogen-bond acceptors (Lipinski definition) is 3. The van der Waals surface area contributed by atoms with E-state index in [9.17, 15) is 14.7 Å². The van der Waals surface area contributed by atoms with Crippen LogP contribution in [0.2, 0.25) is 0 Å². The molecule has 0 aliphatic heterocycles. The molecule has 4 heteroatoms. The Bertz CT molecular complexity index is 526.